The number of hydrogen-bond acceptors (Lipinski definition) is 3. The van der Waals surface area contributed by atoms with Crippen molar-refractivity contribution in [2.24, 2.45) is 0 Å². The Balaban J connectivity index is 3.83. The molecule has 5 nitrogen and oxygen atoms in total. The molecule has 0 aliphatic rings. The minimum absolute atomic E-state index is 0.215. The largest absolute Gasteiger partial charge is 0.635 e. The number of quaternary nitrogens is 1. The highest BCUT2D eigenvalue weighted by Crippen LogP contribution is 1.84. The molecule has 0 fully saturated rings. The SMILES string of the molecule is C[C@H](O)[C@@H]([NH2+][O-])C(=O)O. The van der Waals surface area contributed by atoms with Gasteiger partial charge >= 0.3 is 5.97 Å². The molecule has 0 bridgehead atoms. The van der Waals surface area contributed by atoms with Gasteiger partial charge in [0, 0.05) is 0 Å². The van der Waals surface area contributed by atoms with Crippen LogP contribution in [-0.4, -0.2) is 28.3 Å². The molecule has 0 aromatic heterocycles. The van der Waals surface area contributed by atoms with Gasteiger partial charge in [0.05, 0.1) is 0 Å². The maximum absolute atomic E-state index is 9.98. The highest BCUT2D eigenvalue weighted by molar-refractivity contribution is 5.72. The van der Waals surface area contributed by atoms with Gasteiger partial charge in [-0.15, -0.1) is 0 Å². The van der Waals surface area contributed by atoms with Gasteiger partial charge in [0.2, 0.25) is 6.04 Å². The number of nitrogens with two attached hydrogens (primary N) is 1. The van der Waals surface area contributed by atoms with Crippen LogP contribution in [0.4, 0.5) is 0 Å². The lowest BCUT2D eigenvalue weighted by Gasteiger charge is -2.14. The first-order valence-corrected chi connectivity index (χ1v) is 2.45. The molecule has 5 heteroatoms. The first-order valence-electron chi connectivity index (χ1n) is 2.45. The average molecular weight is 135 g/mol. The summed E-state index contributed by atoms with van der Waals surface area (Å²) in [6, 6.07) is -1.29. The van der Waals surface area contributed by atoms with Crippen molar-refractivity contribution in [3.63, 3.8) is 0 Å². The van der Waals surface area contributed by atoms with Gasteiger partial charge in [0.15, 0.2) is 0 Å². The summed E-state index contributed by atoms with van der Waals surface area (Å²) in [5, 5.41) is 26.6. The Morgan fingerprint density at radius 3 is 2.22 bits per heavy atom. The van der Waals surface area contributed by atoms with Gasteiger partial charge < -0.3 is 20.9 Å². The summed E-state index contributed by atoms with van der Waals surface area (Å²) >= 11 is 0. The van der Waals surface area contributed by atoms with E-state index in [1.165, 1.54) is 6.92 Å². The predicted octanol–water partition coefficient (Wildman–Crippen LogP) is -2.12. The lowest BCUT2D eigenvalue weighted by Crippen LogP contribution is -2.89. The second-order valence-electron chi connectivity index (χ2n) is 1.74. The second kappa shape index (κ2) is 3.39. The fraction of sp³-hybridized carbons (Fsp3) is 0.750. The summed E-state index contributed by atoms with van der Waals surface area (Å²) in [6.07, 6.45) is -1.11. The van der Waals surface area contributed by atoms with E-state index in [-0.39, 0.29) is 5.48 Å². The third-order valence-corrected chi connectivity index (χ3v) is 0.951. The van der Waals surface area contributed by atoms with Gasteiger partial charge in [-0.05, 0) is 6.92 Å². The molecule has 0 radical (unpaired) electrons. The number of aliphatic carboxylic acids is 1. The summed E-state index contributed by atoms with van der Waals surface area (Å²) < 4.78 is 0. The molecule has 0 aromatic carbocycles. The van der Waals surface area contributed by atoms with E-state index in [2.05, 4.69) is 0 Å². The van der Waals surface area contributed by atoms with E-state index < -0.39 is 18.1 Å². The molecule has 9 heavy (non-hydrogen) atoms. The van der Waals surface area contributed by atoms with Crippen LogP contribution in [0.2, 0.25) is 0 Å². The van der Waals surface area contributed by atoms with Crippen molar-refractivity contribution in [3.8, 4) is 0 Å². The molecule has 0 aliphatic heterocycles. The van der Waals surface area contributed by atoms with Gasteiger partial charge in [-0.25, -0.2) is 4.79 Å². The van der Waals surface area contributed by atoms with Crippen LogP contribution in [0.15, 0.2) is 0 Å². The van der Waals surface area contributed by atoms with E-state index in [4.69, 9.17) is 10.2 Å². The third kappa shape index (κ3) is 2.41. The zero-order valence-corrected chi connectivity index (χ0v) is 4.94. The van der Waals surface area contributed by atoms with Crippen LogP contribution in [-0.2, 0) is 4.79 Å². The smallest absolute Gasteiger partial charge is 0.365 e. The van der Waals surface area contributed by atoms with Gasteiger partial charge in [-0.2, -0.15) is 0 Å². The standard InChI is InChI=1S/C4H9NO4/c1-2(6)3(5-9)4(7)8/h2-3,6H,5H2,1H3,(H,7,8)/t2-,3+/m0/s1. The number of carbonyl (C=O) groups is 1. The van der Waals surface area contributed by atoms with Crippen LogP contribution in [0.3, 0.4) is 0 Å². The van der Waals surface area contributed by atoms with Crippen molar-refractivity contribution in [2.45, 2.75) is 19.1 Å². The Labute approximate surface area is 51.9 Å². The predicted molar refractivity (Wildman–Crippen MR) is 28.4 cm³/mol. The fourth-order valence-electron chi connectivity index (χ4n) is 0.378. The van der Waals surface area contributed by atoms with E-state index in [1.54, 1.807) is 0 Å². The monoisotopic (exact) mass is 135 g/mol. The first-order chi connectivity index (χ1) is 4.09. The van der Waals surface area contributed by atoms with E-state index in [0.29, 0.717) is 0 Å². The molecular weight excluding hydrogens is 126 g/mol. The first kappa shape index (κ1) is 8.35. The Morgan fingerprint density at radius 2 is 2.22 bits per heavy atom. The van der Waals surface area contributed by atoms with Crippen LogP contribution >= 0.6 is 0 Å². The van der Waals surface area contributed by atoms with Crippen LogP contribution in [0, 0.1) is 5.21 Å². The van der Waals surface area contributed by atoms with Crippen LogP contribution in [0.25, 0.3) is 0 Å². The summed E-state index contributed by atoms with van der Waals surface area (Å²) in [5.41, 5.74) is 0.215. The molecule has 0 aromatic rings. The molecule has 0 spiro atoms. The van der Waals surface area contributed by atoms with E-state index in [1.807, 2.05) is 0 Å². The lowest BCUT2D eigenvalue weighted by atomic mass is 10.2. The second-order valence-corrected chi connectivity index (χ2v) is 1.74. The number of carboxylic acids is 1. The van der Waals surface area contributed by atoms with E-state index >= 15 is 0 Å². The zero-order chi connectivity index (χ0) is 7.44. The van der Waals surface area contributed by atoms with E-state index in [9.17, 15) is 10.0 Å². The molecule has 4 N–H and O–H groups in total. The maximum Gasteiger partial charge on any atom is 0.365 e. The molecule has 0 heterocycles. The molecule has 0 aliphatic carbocycles. The average Bonchev–Trinajstić information content (AvgIpc) is 1.64. The van der Waals surface area contributed by atoms with Crippen molar-refractivity contribution >= 4 is 5.97 Å². The van der Waals surface area contributed by atoms with Crippen LogP contribution in [0.5, 0.6) is 0 Å². The number of aliphatic hydroxyl groups excluding tert-OH is 1. The Hall–Kier alpha value is -0.650. The summed E-state index contributed by atoms with van der Waals surface area (Å²) in [6.45, 7) is 1.26. The number of hydrogen-bond donors (Lipinski definition) is 3. The number of rotatable bonds is 3. The highest BCUT2D eigenvalue weighted by atomic mass is 16.5. The summed E-state index contributed by atoms with van der Waals surface area (Å²) in [4.78, 5) is 9.98. The van der Waals surface area contributed by atoms with Crippen molar-refractivity contribution in [2.75, 3.05) is 0 Å². The van der Waals surface area contributed by atoms with Gasteiger partial charge in [0.25, 0.3) is 0 Å². The number of hydroxylamine groups is 1. The van der Waals surface area contributed by atoms with Crippen molar-refractivity contribution in [1.82, 2.24) is 0 Å². The number of aliphatic hydroxyl groups is 1. The minimum atomic E-state index is -1.29. The molecule has 0 unspecified atom stereocenters. The molecule has 0 saturated carbocycles. The zero-order valence-electron chi connectivity index (χ0n) is 4.94. The van der Waals surface area contributed by atoms with Crippen LogP contribution < -0.4 is 5.48 Å². The van der Waals surface area contributed by atoms with Gasteiger partial charge in [0.1, 0.15) is 6.10 Å². The van der Waals surface area contributed by atoms with Gasteiger partial charge in [-0.1, -0.05) is 0 Å². The van der Waals surface area contributed by atoms with Gasteiger partial charge in [-0.3, -0.25) is 0 Å². The van der Waals surface area contributed by atoms with E-state index in [0.717, 1.165) is 0 Å². The van der Waals surface area contributed by atoms with Crippen molar-refractivity contribution < 1.29 is 20.5 Å². The molecule has 0 amide bonds. The quantitative estimate of drug-likeness (QED) is 0.385. The normalized spacial score (nSPS) is 16.8. The summed E-state index contributed by atoms with van der Waals surface area (Å²) in [5.74, 6) is -1.29. The summed E-state index contributed by atoms with van der Waals surface area (Å²) in [7, 11) is 0. The van der Waals surface area contributed by atoms with Crippen molar-refractivity contribution in [3.05, 3.63) is 5.21 Å². The van der Waals surface area contributed by atoms with Crippen molar-refractivity contribution in [1.29, 1.82) is 0 Å². The fourth-order valence-corrected chi connectivity index (χ4v) is 0.378. The topological polar surface area (TPSA) is 97.2 Å². The minimum Gasteiger partial charge on any atom is -0.635 e. The molecule has 2 atom stereocenters. The third-order valence-electron chi connectivity index (χ3n) is 0.951. The highest BCUT2D eigenvalue weighted by Gasteiger charge is 2.22. The van der Waals surface area contributed by atoms with Crippen LogP contribution in [0.1, 0.15) is 6.92 Å². The Bertz CT molecular complexity index is 103. The molecular formula is C4H9NO4. The maximum atomic E-state index is 9.98. The Kier molecular flexibility index (Phi) is 3.15. The number of carboxylic acid groups (broad SMARTS) is 1. The molecule has 54 valence electrons. The Morgan fingerprint density at radius 1 is 1.78 bits per heavy atom. The lowest BCUT2D eigenvalue weighted by molar-refractivity contribution is -0.623. The molecule has 0 saturated heterocycles. The molecule has 0 rings (SSSR count).